The molecule has 6 nitrogen and oxygen atoms in total. The summed E-state index contributed by atoms with van der Waals surface area (Å²) >= 11 is 0. The predicted molar refractivity (Wildman–Crippen MR) is 102 cm³/mol. The second-order valence-electron chi connectivity index (χ2n) is 6.15. The summed E-state index contributed by atoms with van der Waals surface area (Å²) in [7, 11) is 0. The topological polar surface area (TPSA) is 90.8 Å². The lowest BCUT2D eigenvalue weighted by molar-refractivity contribution is -0.124. The molecule has 0 saturated carbocycles. The zero-order valence-corrected chi connectivity index (χ0v) is 15.2. The highest BCUT2D eigenvalue weighted by Crippen LogP contribution is 2.16. The Morgan fingerprint density at radius 2 is 1.65 bits per heavy atom. The fourth-order valence-corrected chi connectivity index (χ4v) is 2.28. The molecular formula is C20H23N3O3. The number of hydrogen-bond acceptors (Lipinski definition) is 4. The van der Waals surface area contributed by atoms with Gasteiger partial charge in [-0.3, -0.25) is 9.59 Å². The average molecular weight is 353 g/mol. The molecule has 2 rings (SSSR count). The number of aromatic hydroxyl groups is 1. The van der Waals surface area contributed by atoms with Crippen LogP contribution in [0.4, 0.5) is 5.69 Å². The van der Waals surface area contributed by atoms with Crippen molar-refractivity contribution in [2.75, 3.05) is 5.32 Å². The second-order valence-corrected chi connectivity index (χ2v) is 6.15. The monoisotopic (exact) mass is 353 g/mol. The minimum atomic E-state index is -0.334. The SMILES string of the molecule is C/C(=N/NC(=O)CCC(=O)Nc1cc(C)ccc1C)c1ccc(O)cc1. The van der Waals surface area contributed by atoms with Crippen LogP contribution in [0.15, 0.2) is 47.6 Å². The predicted octanol–water partition coefficient (Wildman–Crippen LogP) is 3.27. The highest BCUT2D eigenvalue weighted by Gasteiger charge is 2.09. The molecular weight excluding hydrogens is 330 g/mol. The third kappa shape index (κ3) is 5.73. The summed E-state index contributed by atoms with van der Waals surface area (Å²) in [5, 5.41) is 16.1. The molecule has 3 N–H and O–H groups in total. The van der Waals surface area contributed by atoms with E-state index in [0.717, 1.165) is 22.4 Å². The van der Waals surface area contributed by atoms with E-state index < -0.39 is 0 Å². The smallest absolute Gasteiger partial charge is 0.240 e. The van der Waals surface area contributed by atoms with Gasteiger partial charge in [0.25, 0.3) is 0 Å². The molecule has 26 heavy (non-hydrogen) atoms. The number of phenolic OH excluding ortho intramolecular Hbond substituents is 1. The minimum absolute atomic E-state index is 0.0447. The van der Waals surface area contributed by atoms with Crippen molar-refractivity contribution in [3.63, 3.8) is 0 Å². The van der Waals surface area contributed by atoms with Crippen LogP contribution in [0.3, 0.4) is 0 Å². The third-order valence-corrected chi connectivity index (χ3v) is 3.88. The van der Waals surface area contributed by atoms with Crippen molar-refractivity contribution < 1.29 is 14.7 Å². The number of nitrogens with one attached hydrogen (secondary N) is 2. The number of carbonyl (C=O) groups is 2. The molecule has 0 aliphatic rings. The lowest BCUT2D eigenvalue weighted by atomic mass is 10.1. The van der Waals surface area contributed by atoms with Crippen LogP contribution in [0.1, 0.15) is 36.5 Å². The van der Waals surface area contributed by atoms with E-state index in [2.05, 4.69) is 15.8 Å². The molecule has 2 aromatic rings. The average Bonchev–Trinajstić information content (AvgIpc) is 2.61. The van der Waals surface area contributed by atoms with Gasteiger partial charge in [-0.15, -0.1) is 0 Å². The van der Waals surface area contributed by atoms with Crippen LogP contribution in [0.25, 0.3) is 0 Å². The third-order valence-electron chi connectivity index (χ3n) is 3.88. The molecule has 0 atom stereocenters. The lowest BCUT2D eigenvalue weighted by Gasteiger charge is -2.09. The maximum Gasteiger partial charge on any atom is 0.240 e. The highest BCUT2D eigenvalue weighted by molar-refractivity contribution is 5.99. The van der Waals surface area contributed by atoms with E-state index in [1.165, 1.54) is 0 Å². The van der Waals surface area contributed by atoms with E-state index >= 15 is 0 Å². The summed E-state index contributed by atoms with van der Waals surface area (Å²) in [5.41, 5.74) is 6.63. The molecule has 0 bridgehead atoms. The van der Waals surface area contributed by atoms with Crippen molar-refractivity contribution in [1.29, 1.82) is 0 Å². The molecule has 0 aliphatic carbocycles. The van der Waals surface area contributed by atoms with Gasteiger partial charge in [0, 0.05) is 18.5 Å². The molecule has 0 radical (unpaired) electrons. The number of anilines is 1. The van der Waals surface area contributed by atoms with E-state index in [0.29, 0.717) is 5.71 Å². The molecule has 0 fully saturated rings. The van der Waals surface area contributed by atoms with E-state index in [4.69, 9.17) is 0 Å². The normalized spacial score (nSPS) is 11.1. The van der Waals surface area contributed by atoms with Crippen LogP contribution in [0.5, 0.6) is 5.75 Å². The fourth-order valence-electron chi connectivity index (χ4n) is 2.28. The maximum atomic E-state index is 12.0. The summed E-state index contributed by atoms with van der Waals surface area (Å²) in [4.78, 5) is 23.9. The number of hydrazone groups is 1. The maximum absolute atomic E-state index is 12.0. The summed E-state index contributed by atoms with van der Waals surface area (Å²) in [6, 6.07) is 12.3. The molecule has 0 heterocycles. The van der Waals surface area contributed by atoms with Gasteiger partial charge in [0.05, 0.1) is 5.71 Å². The fraction of sp³-hybridized carbons (Fsp3) is 0.250. The van der Waals surface area contributed by atoms with Crippen molar-refractivity contribution in [1.82, 2.24) is 5.43 Å². The van der Waals surface area contributed by atoms with E-state index in [-0.39, 0.29) is 30.4 Å². The van der Waals surface area contributed by atoms with Crippen LogP contribution >= 0.6 is 0 Å². The van der Waals surface area contributed by atoms with Crippen LogP contribution in [0.2, 0.25) is 0 Å². The van der Waals surface area contributed by atoms with Gasteiger partial charge in [-0.1, -0.05) is 12.1 Å². The molecule has 2 amide bonds. The first-order chi connectivity index (χ1) is 12.3. The quantitative estimate of drug-likeness (QED) is 0.550. The largest absolute Gasteiger partial charge is 0.508 e. The van der Waals surface area contributed by atoms with Crippen LogP contribution < -0.4 is 10.7 Å². The van der Waals surface area contributed by atoms with Crippen molar-refractivity contribution >= 4 is 23.2 Å². The summed E-state index contributed by atoms with van der Waals surface area (Å²) in [6.45, 7) is 5.62. The van der Waals surface area contributed by atoms with Crippen molar-refractivity contribution in [2.45, 2.75) is 33.6 Å². The minimum Gasteiger partial charge on any atom is -0.508 e. The first-order valence-corrected chi connectivity index (χ1v) is 8.35. The van der Waals surface area contributed by atoms with E-state index in [9.17, 15) is 14.7 Å². The van der Waals surface area contributed by atoms with Crippen molar-refractivity contribution in [2.24, 2.45) is 5.10 Å². The van der Waals surface area contributed by atoms with Gasteiger partial charge in [-0.2, -0.15) is 5.10 Å². The van der Waals surface area contributed by atoms with Gasteiger partial charge in [0.1, 0.15) is 5.75 Å². The zero-order valence-electron chi connectivity index (χ0n) is 15.2. The van der Waals surface area contributed by atoms with Gasteiger partial charge in [0.15, 0.2) is 0 Å². The van der Waals surface area contributed by atoms with E-state index in [1.54, 1.807) is 31.2 Å². The molecule has 6 heteroatoms. The molecule has 0 unspecified atom stereocenters. The molecule has 2 aromatic carbocycles. The Bertz CT molecular complexity index is 827. The summed E-state index contributed by atoms with van der Waals surface area (Å²) in [6.07, 6.45) is 0.121. The van der Waals surface area contributed by atoms with Gasteiger partial charge < -0.3 is 10.4 Å². The van der Waals surface area contributed by atoms with Gasteiger partial charge >= 0.3 is 0 Å². The summed E-state index contributed by atoms with van der Waals surface area (Å²) < 4.78 is 0. The number of rotatable bonds is 6. The Morgan fingerprint density at radius 1 is 1.00 bits per heavy atom. The Balaban J connectivity index is 1.82. The molecule has 0 aliphatic heterocycles. The highest BCUT2D eigenvalue weighted by atomic mass is 16.3. The van der Waals surface area contributed by atoms with Gasteiger partial charge in [-0.05, 0) is 67.8 Å². The number of benzene rings is 2. The van der Waals surface area contributed by atoms with Crippen LogP contribution in [-0.2, 0) is 9.59 Å². The molecule has 136 valence electrons. The van der Waals surface area contributed by atoms with Crippen LogP contribution in [0, 0.1) is 13.8 Å². The Labute approximate surface area is 152 Å². The van der Waals surface area contributed by atoms with Gasteiger partial charge in [0.2, 0.25) is 11.8 Å². The number of hydrogen-bond donors (Lipinski definition) is 3. The summed E-state index contributed by atoms with van der Waals surface area (Å²) in [5.74, 6) is -0.382. The first-order valence-electron chi connectivity index (χ1n) is 8.35. The van der Waals surface area contributed by atoms with E-state index in [1.807, 2.05) is 32.0 Å². The first kappa shape index (κ1) is 19.2. The van der Waals surface area contributed by atoms with Crippen LogP contribution in [-0.4, -0.2) is 22.6 Å². The standard InChI is InChI=1S/C20H23N3O3/c1-13-4-5-14(2)18(12-13)21-19(25)10-11-20(26)23-22-15(3)16-6-8-17(24)9-7-16/h4-9,12,24H,10-11H2,1-3H3,(H,21,25)(H,23,26)/b22-15-. The Kier molecular flexibility index (Phi) is 6.49. The number of nitrogens with zero attached hydrogens (tertiary/aromatic N) is 1. The number of aryl methyl sites for hydroxylation is 2. The lowest BCUT2D eigenvalue weighted by Crippen LogP contribution is -2.22. The van der Waals surface area contributed by atoms with Gasteiger partial charge in [-0.25, -0.2) is 5.43 Å². The van der Waals surface area contributed by atoms with Crippen molar-refractivity contribution in [3.05, 3.63) is 59.2 Å². The number of phenols is 1. The number of amides is 2. The zero-order chi connectivity index (χ0) is 19.1. The number of carbonyl (C=O) groups excluding carboxylic acids is 2. The molecule has 0 spiro atoms. The second kappa shape index (κ2) is 8.80. The Morgan fingerprint density at radius 3 is 2.35 bits per heavy atom. The molecule has 0 saturated heterocycles. The Hall–Kier alpha value is -3.15. The van der Waals surface area contributed by atoms with Crippen molar-refractivity contribution in [3.8, 4) is 5.75 Å². The molecule has 0 aromatic heterocycles.